The molecule has 0 unspecified atom stereocenters. The molecule has 0 aliphatic carbocycles. The average molecular weight is 298 g/mol. The number of para-hydroxylation sites is 1. The maximum absolute atomic E-state index is 9.92. The molecule has 2 aromatic heterocycles. The Hall–Kier alpha value is -2.44. The molecule has 0 aliphatic heterocycles. The number of aliphatic hydroxyl groups excluding tert-OH is 1. The predicted molar refractivity (Wildman–Crippen MR) is 82.6 cm³/mol. The monoisotopic (exact) mass is 298 g/mol. The van der Waals surface area contributed by atoms with Crippen LogP contribution in [-0.4, -0.2) is 39.0 Å². The number of aliphatic hydroxyl groups is 1. The van der Waals surface area contributed by atoms with Crippen LogP contribution in [0.5, 0.6) is 5.75 Å². The third kappa shape index (κ3) is 3.60. The normalized spacial score (nSPS) is 12.4. The minimum Gasteiger partial charge on any atom is -0.491 e. The number of nitrogens with zero attached hydrogens (tertiary/aromatic N) is 3. The first-order chi connectivity index (χ1) is 10.8. The highest BCUT2D eigenvalue weighted by molar-refractivity contribution is 5.36. The van der Waals surface area contributed by atoms with E-state index in [1.54, 1.807) is 0 Å². The largest absolute Gasteiger partial charge is 0.491 e. The van der Waals surface area contributed by atoms with Gasteiger partial charge in [-0.05, 0) is 24.3 Å². The highest BCUT2D eigenvalue weighted by atomic mass is 16.5. The SMILES string of the molecule is O[C@H](CNCc1nnc2ccccn12)COc1ccccc1. The Balaban J connectivity index is 1.44. The van der Waals surface area contributed by atoms with E-state index in [0.717, 1.165) is 17.2 Å². The van der Waals surface area contributed by atoms with Crippen molar-refractivity contribution in [3.8, 4) is 5.75 Å². The molecule has 114 valence electrons. The van der Waals surface area contributed by atoms with Gasteiger partial charge in [0.1, 0.15) is 18.5 Å². The molecule has 1 aromatic carbocycles. The lowest BCUT2D eigenvalue weighted by Crippen LogP contribution is -2.31. The van der Waals surface area contributed by atoms with Crippen LogP contribution in [0.1, 0.15) is 5.82 Å². The summed E-state index contributed by atoms with van der Waals surface area (Å²) in [6.07, 6.45) is 1.33. The van der Waals surface area contributed by atoms with E-state index in [4.69, 9.17) is 4.74 Å². The fourth-order valence-electron chi connectivity index (χ4n) is 2.13. The molecule has 22 heavy (non-hydrogen) atoms. The Morgan fingerprint density at radius 3 is 2.77 bits per heavy atom. The standard InChI is InChI=1S/C16H18N4O2/c21-13(12-22-14-6-2-1-3-7-14)10-17-11-16-19-18-15-8-4-5-9-20(15)16/h1-9,13,17,21H,10-12H2/t13-/m1/s1. The molecule has 0 amide bonds. The van der Waals surface area contributed by atoms with Crippen molar-refractivity contribution in [3.05, 3.63) is 60.6 Å². The van der Waals surface area contributed by atoms with Gasteiger partial charge in [0.25, 0.3) is 0 Å². The average Bonchev–Trinajstić information content (AvgIpc) is 2.97. The van der Waals surface area contributed by atoms with Crippen molar-refractivity contribution >= 4 is 5.65 Å². The minimum atomic E-state index is -0.584. The second-order valence-corrected chi connectivity index (χ2v) is 4.95. The first-order valence-corrected chi connectivity index (χ1v) is 7.18. The van der Waals surface area contributed by atoms with Crippen LogP contribution in [0.3, 0.4) is 0 Å². The number of benzene rings is 1. The number of pyridine rings is 1. The third-order valence-electron chi connectivity index (χ3n) is 3.23. The number of fused-ring (bicyclic) bond motifs is 1. The number of nitrogens with one attached hydrogen (secondary N) is 1. The van der Waals surface area contributed by atoms with E-state index in [1.165, 1.54) is 0 Å². The van der Waals surface area contributed by atoms with Crippen LogP contribution in [0, 0.1) is 0 Å². The number of ether oxygens (including phenoxy) is 1. The zero-order valence-corrected chi connectivity index (χ0v) is 12.1. The van der Waals surface area contributed by atoms with E-state index < -0.39 is 6.10 Å². The Labute approximate surface area is 128 Å². The highest BCUT2D eigenvalue weighted by Gasteiger charge is 2.07. The molecule has 2 N–H and O–H groups in total. The summed E-state index contributed by atoms with van der Waals surface area (Å²) in [7, 11) is 0. The summed E-state index contributed by atoms with van der Waals surface area (Å²) in [6, 6.07) is 15.2. The van der Waals surface area contributed by atoms with Crippen molar-refractivity contribution < 1.29 is 9.84 Å². The van der Waals surface area contributed by atoms with E-state index in [-0.39, 0.29) is 6.61 Å². The number of hydrogen-bond acceptors (Lipinski definition) is 5. The second-order valence-electron chi connectivity index (χ2n) is 4.95. The molecule has 6 heteroatoms. The molecule has 1 atom stereocenters. The molecule has 0 fully saturated rings. The van der Waals surface area contributed by atoms with E-state index >= 15 is 0 Å². The van der Waals surface area contributed by atoms with Crippen molar-refractivity contribution in [2.45, 2.75) is 12.6 Å². The first-order valence-electron chi connectivity index (χ1n) is 7.18. The first kappa shape index (κ1) is 14.5. The van der Waals surface area contributed by atoms with Crippen molar-refractivity contribution in [2.24, 2.45) is 0 Å². The second kappa shape index (κ2) is 7.02. The van der Waals surface area contributed by atoms with E-state index in [0.29, 0.717) is 13.1 Å². The fraction of sp³-hybridized carbons (Fsp3) is 0.250. The van der Waals surface area contributed by atoms with E-state index in [2.05, 4.69) is 15.5 Å². The molecule has 0 saturated heterocycles. The zero-order valence-electron chi connectivity index (χ0n) is 12.1. The van der Waals surface area contributed by atoms with Crippen LogP contribution >= 0.6 is 0 Å². The highest BCUT2D eigenvalue weighted by Crippen LogP contribution is 2.08. The van der Waals surface area contributed by atoms with Gasteiger partial charge in [-0.3, -0.25) is 4.40 Å². The van der Waals surface area contributed by atoms with Gasteiger partial charge in [-0.1, -0.05) is 24.3 Å². The summed E-state index contributed by atoms with van der Waals surface area (Å²) in [5.74, 6) is 1.57. The maximum atomic E-state index is 9.92. The molecule has 3 rings (SSSR count). The van der Waals surface area contributed by atoms with Gasteiger partial charge in [0, 0.05) is 12.7 Å². The van der Waals surface area contributed by atoms with Crippen LogP contribution in [0.25, 0.3) is 5.65 Å². The Kier molecular flexibility index (Phi) is 4.62. The summed E-state index contributed by atoms with van der Waals surface area (Å²) >= 11 is 0. The molecule has 0 radical (unpaired) electrons. The van der Waals surface area contributed by atoms with Gasteiger partial charge >= 0.3 is 0 Å². The van der Waals surface area contributed by atoms with Gasteiger partial charge in [-0.25, -0.2) is 0 Å². The van der Waals surface area contributed by atoms with Crippen LogP contribution in [0.4, 0.5) is 0 Å². The van der Waals surface area contributed by atoms with Crippen LogP contribution in [-0.2, 0) is 6.54 Å². The van der Waals surface area contributed by atoms with Crippen molar-refractivity contribution in [3.63, 3.8) is 0 Å². The molecule has 0 saturated carbocycles. The molecule has 0 spiro atoms. The summed E-state index contributed by atoms with van der Waals surface area (Å²) < 4.78 is 7.42. The topological polar surface area (TPSA) is 71.7 Å². The Morgan fingerprint density at radius 1 is 1.09 bits per heavy atom. The number of rotatable bonds is 7. The number of aromatic nitrogens is 3. The lowest BCUT2D eigenvalue weighted by molar-refractivity contribution is 0.106. The molecular weight excluding hydrogens is 280 g/mol. The third-order valence-corrected chi connectivity index (χ3v) is 3.23. The maximum Gasteiger partial charge on any atom is 0.160 e. The van der Waals surface area contributed by atoms with Crippen LogP contribution < -0.4 is 10.1 Å². The summed E-state index contributed by atoms with van der Waals surface area (Å²) in [5, 5.41) is 21.3. The zero-order chi connectivity index (χ0) is 15.2. The van der Waals surface area contributed by atoms with Crippen molar-refractivity contribution in [1.29, 1.82) is 0 Å². The van der Waals surface area contributed by atoms with Gasteiger partial charge < -0.3 is 15.2 Å². The lowest BCUT2D eigenvalue weighted by atomic mass is 10.3. The van der Waals surface area contributed by atoms with Gasteiger partial charge in [0.15, 0.2) is 11.5 Å². The van der Waals surface area contributed by atoms with Gasteiger partial charge in [-0.15, -0.1) is 10.2 Å². The predicted octanol–water partition coefficient (Wildman–Crippen LogP) is 1.26. The van der Waals surface area contributed by atoms with Crippen LogP contribution in [0.15, 0.2) is 54.7 Å². The molecular formula is C16H18N4O2. The van der Waals surface area contributed by atoms with Gasteiger partial charge in [-0.2, -0.15) is 0 Å². The summed E-state index contributed by atoms with van der Waals surface area (Å²) in [5.41, 5.74) is 0.812. The molecule has 0 aliphatic rings. The van der Waals surface area contributed by atoms with Crippen LogP contribution in [0.2, 0.25) is 0 Å². The molecule has 3 aromatic rings. The van der Waals surface area contributed by atoms with Gasteiger partial charge in [0.2, 0.25) is 0 Å². The van der Waals surface area contributed by atoms with Crippen molar-refractivity contribution in [1.82, 2.24) is 19.9 Å². The van der Waals surface area contributed by atoms with Gasteiger partial charge in [0.05, 0.1) is 6.54 Å². The molecule has 0 bridgehead atoms. The van der Waals surface area contributed by atoms with E-state index in [1.807, 2.05) is 59.1 Å². The van der Waals surface area contributed by atoms with Crippen molar-refractivity contribution in [2.75, 3.05) is 13.2 Å². The summed E-state index contributed by atoms with van der Waals surface area (Å²) in [4.78, 5) is 0. The quantitative estimate of drug-likeness (QED) is 0.687. The molecule has 2 heterocycles. The lowest BCUT2D eigenvalue weighted by Gasteiger charge is -2.12. The Morgan fingerprint density at radius 2 is 1.91 bits per heavy atom. The summed E-state index contributed by atoms with van der Waals surface area (Å²) in [6.45, 7) is 1.21. The Bertz CT molecular complexity index is 714. The smallest absolute Gasteiger partial charge is 0.160 e. The minimum absolute atomic E-state index is 0.248. The fourth-order valence-corrected chi connectivity index (χ4v) is 2.13. The van der Waals surface area contributed by atoms with E-state index in [9.17, 15) is 5.11 Å². The number of hydrogen-bond donors (Lipinski definition) is 2. The molecule has 6 nitrogen and oxygen atoms in total.